The number of carbonyl (C=O) groups is 1. The number of methoxy groups -OCH3 is 2. The molecule has 2 aromatic carbocycles. The third-order valence-corrected chi connectivity index (χ3v) is 5.03. The second-order valence-corrected chi connectivity index (χ2v) is 7.08. The lowest BCUT2D eigenvalue weighted by Crippen LogP contribution is -2.09. The SMILES string of the molecule is COc1ccc(-c2nc(COC(=O)c3nnn(-c4ccc(F)cc4)c3C)c(C)o2)c(OC)c1. The van der Waals surface area contributed by atoms with Crippen LogP contribution in [0, 0.1) is 19.7 Å². The molecule has 0 aliphatic heterocycles. The lowest BCUT2D eigenvalue weighted by molar-refractivity contribution is 0.0459. The number of hydrogen-bond acceptors (Lipinski definition) is 8. The van der Waals surface area contributed by atoms with Crippen molar-refractivity contribution < 1.29 is 27.8 Å². The second-order valence-electron chi connectivity index (χ2n) is 7.08. The van der Waals surface area contributed by atoms with E-state index in [0.717, 1.165) is 0 Å². The zero-order valence-electron chi connectivity index (χ0n) is 18.5. The molecule has 0 unspecified atom stereocenters. The summed E-state index contributed by atoms with van der Waals surface area (Å²) in [6, 6.07) is 11.0. The molecule has 2 aromatic heterocycles. The zero-order chi connectivity index (χ0) is 23.5. The molecule has 170 valence electrons. The quantitative estimate of drug-likeness (QED) is 0.387. The van der Waals surface area contributed by atoms with Crippen molar-refractivity contribution in [1.29, 1.82) is 0 Å². The van der Waals surface area contributed by atoms with E-state index in [1.165, 1.54) is 23.9 Å². The van der Waals surface area contributed by atoms with Crippen LogP contribution in [0.25, 0.3) is 17.1 Å². The van der Waals surface area contributed by atoms with Crippen LogP contribution < -0.4 is 9.47 Å². The van der Waals surface area contributed by atoms with Crippen LogP contribution in [0.1, 0.15) is 27.6 Å². The van der Waals surface area contributed by atoms with Crippen molar-refractivity contribution in [1.82, 2.24) is 20.0 Å². The van der Waals surface area contributed by atoms with Crippen molar-refractivity contribution >= 4 is 5.97 Å². The smallest absolute Gasteiger partial charge is 0.361 e. The van der Waals surface area contributed by atoms with Gasteiger partial charge in [-0.2, -0.15) is 0 Å². The Labute approximate surface area is 188 Å². The number of oxazole rings is 1. The molecule has 10 heteroatoms. The molecule has 0 amide bonds. The van der Waals surface area contributed by atoms with E-state index in [-0.39, 0.29) is 18.1 Å². The molecule has 0 saturated carbocycles. The first kappa shape index (κ1) is 22.0. The number of benzene rings is 2. The highest BCUT2D eigenvalue weighted by molar-refractivity contribution is 5.88. The summed E-state index contributed by atoms with van der Waals surface area (Å²) in [4.78, 5) is 17.1. The van der Waals surface area contributed by atoms with Crippen LogP contribution >= 0.6 is 0 Å². The Morgan fingerprint density at radius 2 is 1.85 bits per heavy atom. The fourth-order valence-corrected chi connectivity index (χ4v) is 3.20. The fourth-order valence-electron chi connectivity index (χ4n) is 3.20. The van der Waals surface area contributed by atoms with Crippen LogP contribution in [0.2, 0.25) is 0 Å². The molecule has 0 aliphatic carbocycles. The third kappa shape index (κ3) is 4.40. The second kappa shape index (κ2) is 9.11. The van der Waals surface area contributed by atoms with Gasteiger partial charge >= 0.3 is 5.97 Å². The van der Waals surface area contributed by atoms with Gasteiger partial charge in [-0.05, 0) is 50.2 Å². The Hall–Kier alpha value is -4.21. The topological polar surface area (TPSA) is 102 Å². The third-order valence-electron chi connectivity index (χ3n) is 5.03. The van der Waals surface area contributed by atoms with Gasteiger partial charge in [0.25, 0.3) is 0 Å². The lowest BCUT2D eigenvalue weighted by atomic mass is 10.2. The van der Waals surface area contributed by atoms with Crippen LogP contribution in [-0.2, 0) is 11.3 Å². The lowest BCUT2D eigenvalue weighted by Gasteiger charge is -2.07. The molecule has 9 nitrogen and oxygen atoms in total. The minimum atomic E-state index is -0.660. The Balaban J connectivity index is 1.50. The van der Waals surface area contributed by atoms with E-state index in [2.05, 4.69) is 15.3 Å². The highest BCUT2D eigenvalue weighted by atomic mass is 19.1. The summed E-state index contributed by atoms with van der Waals surface area (Å²) in [7, 11) is 3.11. The van der Waals surface area contributed by atoms with Gasteiger partial charge in [0.15, 0.2) is 5.69 Å². The van der Waals surface area contributed by atoms with Crippen LogP contribution in [0.3, 0.4) is 0 Å². The van der Waals surface area contributed by atoms with Crippen molar-refractivity contribution in [2.24, 2.45) is 0 Å². The minimum absolute atomic E-state index is 0.0533. The van der Waals surface area contributed by atoms with Gasteiger partial charge in [-0.15, -0.1) is 5.10 Å². The monoisotopic (exact) mass is 452 g/mol. The number of rotatable bonds is 7. The van der Waals surface area contributed by atoms with Gasteiger partial charge in [0.2, 0.25) is 5.89 Å². The van der Waals surface area contributed by atoms with Crippen molar-refractivity contribution in [3.8, 4) is 28.6 Å². The number of esters is 1. The summed E-state index contributed by atoms with van der Waals surface area (Å²) in [5, 5.41) is 7.88. The van der Waals surface area contributed by atoms with E-state index in [4.69, 9.17) is 18.6 Å². The standard InChI is InChI=1S/C23H21FN4O5/c1-13-21(26-27-28(13)16-7-5-15(24)6-8-16)23(29)32-12-19-14(2)33-22(25-19)18-10-9-17(30-3)11-20(18)31-4/h5-11H,12H2,1-4H3. The zero-order valence-corrected chi connectivity index (χ0v) is 18.5. The van der Waals surface area contributed by atoms with Gasteiger partial charge in [0.05, 0.1) is 31.2 Å². The van der Waals surface area contributed by atoms with E-state index in [9.17, 15) is 9.18 Å². The number of halogens is 1. The van der Waals surface area contributed by atoms with E-state index >= 15 is 0 Å². The van der Waals surface area contributed by atoms with Crippen LogP contribution in [0.4, 0.5) is 4.39 Å². The predicted octanol–water partition coefficient (Wildman–Crippen LogP) is 4.05. The molecule has 33 heavy (non-hydrogen) atoms. The molecular formula is C23H21FN4O5. The molecule has 0 spiro atoms. The van der Waals surface area contributed by atoms with Crippen LogP contribution in [0.5, 0.6) is 11.5 Å². The highest BCUT2D eigenvalue weighted by Crippen LogP contribution is 2.33. The summed E-state index contributed by atoms with van der Waals surface area (Å²) in [5.41, 5.74) is 2.19. The molecule has 0 atom stereocenters. The molecule has 2 heterocycles. The number of aryl methyl sites for hydroxylation is 1. The highest BCUT2D eigenvalue weighted by Gasteiger charge is 2.21. The number of nitrogens with zero attached hydrogens (tertiary/aromatic N) is 4. The first-order valence-electron chi connectivity index (χ1n) is 9.95. The van der Waals surface area contributed by atoms with E-state index in [0.29, 0.717) is 45.8 Å². The largest absolute Gasteiger partial charge is 0.497 e. The summed E-state index contributed by atoms with van der Waals surface area (Å²) in [5.74, 6) is 0.973. The van der Waals surface area contributed by atoms with Crippen molar-refractivity contribution in [3.63, 3.8) is 0 Å². The van der Waals surface area contributed by atoms with Gasteiger partial charge in [-0.3, -0.25) is 0 Å². The van der Waals surface area contributed by atoms with Crippen molar-refractivity contribution in [2.45, 2.75) is 20.5 Å². The molecular weight excluding hydrogens is 431 g/mol. The Morgan fingerprint density at radius 1 is 1.09 bits per heavy atom. The van der Waals surface area contributed by atoms with E-state index < -0.39 is 5.97 Å². The first-order valence-corrected chi connectivity index (χ1v) is 9.95. The summed E-state index contributed by atoms with van der Waals surface area (Å²) < 4.78 is 36.4. The first-order chi connectivity index (χ1) is 15.9. The molecule has 0 fully saturated rings. The average molecular weight is 452 g/mol. The molecule has 0 saturated heterocycles. The van der Waals surface area contributed by atoms with E-state index in [1.54, 1.807) is 51.3 Å². The van der Waals surface area contributed by atoms with E-state index in [1.807, 2.05) is 0 Å². The molecule has 0 aliphatic rings. The molecule has 0 radical (unpaired) electrons. The van der Waals surface area contributed by atoms with Crippen molar-refractivity contribution in [2.75, 3.05) is 14.2 Å². The summed E-state index contributed by atoms with van der Waals surface area (Å²) in [6.45, 7) is 3.29. The number of aromatic nitrogens is 4. The number of hydrogen-bond donors (Lipinski definition) is 0. The van der Waals surface area contributed by atoms with Crippen LogP contribution in [0.15, 0.2) is 46.9 Å². The fraction of sp³-hybridized carbons (Fsp3) is 0.217. The summed E-state index contributed by atoms with van der Waals surface area (Å²) >= 11 is 0. The van der Waals surface area contributed by atoms with Gasteiger partial charge in [-0.25, -0.2) is 18.9 Å². The number of ether oxygens (including phenoxy) is 3. The van der Waals surface area contributed by atoms with Crippen LogP contribution in [-0.4, -0.2) is 40.2 Å². The maximum Gasteiger partial charge on any atom is 0.361 e. The van der Waals surface area contributed by atoms with Gasteiger partial charge in [-0.1, -0.05) is 5.21 Å². The predicted molar refractivity (Wildman–Crippen MR) is 115 cm³/mol. The minimum Gasteiger partial charge on any atom is -0.497 e. The Kier molecular flexibility index (Phi) is 6.07. The molecule has 0 N–H and O–H groups in total. The maximum atomic E-state index is 13.2. The Morgan fingerprint density at radius 3 is 2.55 bits per heavy atom. The van der Waals surface area contributed by atoms with Gasteiger partial charge in [0.1, 0.15) is 35.4 Å². The van der Waals surface area contributed by atoms with Crippen molar-refractivity contribution in [3.05, 3.63) is 71.1 Å². The van der Waals surface area contributed by atoms with Gasteiger partial charge < -0.3 is 18.6 Å². The normalized spacial score (nSPS) is 10.8. The average Bonchev–Trinajstić information content (AvgIpc) is 3.39. The molecule has 4 aromatic rings. The van der Waals surface area contributed by atoms with Gasteiger partial charge in [0, 0.05) is 6.07 Å². The number of carbonyl (C=O) groups excluding carboxylic acids is 1. The summed E-state index contributed by atoms with van der Waals surface area (Å²) in [6.07, 6.45) is 0. The maximum absolute atomic E-state index is 13.2. The molecule has 4 rings (SSSR count). The Bertz CT molecular complexity index is 1300. The molecule has 0 bridgehead atoms.